The lowest BCUT2D eigenvalue weighted by atomic mass is 10.1. The highest BCUT2D eigenvalue weighted by molar-refractivity contribution is 4.97. The van der Waals surface area contributed by atoms with Crippen LogP contribution in [0.5, 0.6) is 0 Å². The number of hydrogen-bond acceptors (Lipinski definition) is 7. The van der Waals surface area contributed by atoms with Crippen LogP contribution in [0.1, 0.15) is 6.23 Å². The molecule has 0 amide bonds. The molecule has 1 aromatic heterocycles. The highest BCUT2D eigenvalue weighted by Gasteiger charge is 2.55. The monoisotopic (exact) mass is 274 g/mol. The minimum atomic E-state index is -1.82. The van der Waals surface area contributed by atoms with Crippen LogP contribution in [0.3, 0.4) is 0 Å². The average molecular weight is 274 g/mol. The number of aliphatic hydroxyl groups is 3. The summed E-state index contributed by atoms with van der Waals surface area (Å²) in [6, 6.07) is 1.07. The van der Waals surface area contributed by atoms with Crippen LogP contribution in [0, 0.1) is 0 Å². The molecule has 0 aliphatic carbocycles. The quantitative estimate of drug-likeness (QED) is 0.465. The molecular formula is C10H14N2O7. The van der Waals surface area contributed by atoms with Crippen LogP contribution in [0.4, 0.5) is 0 Å². The minimum absolute atomic E-state index is 0.602. The van der Waals surface area contributed by atoms with Crippen LogP contribution >= 0.6 is 0 Å². The van der Waals surface area contributed by atoms with Gasteiger partial charge >= 0.3 is 5.69 Å². The number of ether oxygens (including phenoxy) is 2. The summed E-state index contributed by atoms with van der Waals surface area (Å²) >= 11 is 0. The Labute approximate surface area is 106 Å². The van der Waals surface area contributed by atoms with Crippen LogP contribution in [-0.4, -0.2) is 56.6 Å². The van der Waals surface area contributed by atoms with E-state index < -0.39 is 42.1 Å². The molecule has 9 heteroatoms. The Morgan fingerprint density at radius 2 is 2.21 bits per heavy atom. The zero-order valence-electron chi connectivity index (χ0n) is 10.0. The first-order valence-corrected chi connectivity index (χ1v) is 5.46. The van der Waals surface area contributed by atoms with E-state index in [1.54, 1.807) is 0 Å². The van der Waals surface area contributed by atoms with Crippen molar-refractivity contribution in [1.82, 2.24) is 9.55 Å². The van der Waals surface area contributed by atoms with E-state index in [4.69, 9.17) is 9.47 Å². The summed E-state index contributed by atoms with van der Waals surface area (Å²) in [7, 11) is 1.18. The van der Waals surface area contributed by atoms with Crippen molar-refractivity contribution in [3.05, 3.63) is 33.1 Å². The first kappa shape index (κ1) is 13.9. The van der Waals surface area contributed by atoms with E-state index in [0.29, 0.717) is 0 Å². The Bertz CT molecular complexity index is 561. The van der Waals surface area contributed by atoms with Gasteiger partial charge in [0.2, 0.25) is 5.79 Å². The molecule has 4 atom stereocenters. The van der Waals surface area contributed by atoms with Gasteiger partial charge in [0.05, 0.1) is 0 Å². The lowest BCUT2D eigenvalue weighted by molar-refractivity contribution is -0.269. The Balaban J connectivity index is 2.42. The van der Waals surface area contributed by atoms with Crippen molar-refractivity contribution in [2.45, 2.75) is 24.2 Å². The molecule has 1 aliphatic rings. The van der Waals surface area contributed by atoms with E-state index in [9.17, 15) is 24.9 Å². The molecule has 0 radical (unpaired) electrons. The van der Waals surface area contributed by atoms with Gasteiger partial charge in [0.25, 0.3) is 5.56 Å². The maximum absolute atomic E-state index is 11.6. The first-order valence-electron chi connectivity index (χ1n) is 5.46. The molecule has 2 heterocycles. The summed E-state index contributed by atoms with van der Waals surface area (Å²) in [4.78, 5) is 24.5. The third kappa shape index (κ3) is 2.11. The largest absolute Gasteiger partial charge is 0.391 e. The molecule has 106 valence electrons. The van der Waals surface area contributed by atoms with Crippen molar-refractivity contribution in [2.75, 3.05) is 13.7 Å². The predicted octanol–water partition coefficient (Wildman–Crippen LogP) is -2.88. The van der Waals surface area contributed by atoms with E-state index in [2.05, 4.69) is 0 Å². The van der Waals surface area contributed by atoms with Crippen molar-refractivity contribution in [2.24, 2.45) is 0 Å². The van der Waals surface area contributed by atoms with Crippen molar-refractivity contribution in [1.29, 1.82) is 0 Å². The summed E-state index contributed by atoms with van der Waals surface area (Å²) in [5, 5.41) is 28.9. The Hall–Kier alpha value is -1.52. The fraction of sp³-hybridized carbons (Fsp3) is 0.600. The van der Waals surface area contributed by atoms with Crippen LogP contribution in [0.2, 0.25) is 0 Å². The molecule has 1 fully saturated rings. The van der Waals surface area contributed by atoms with Gasteiger partial charge in [-0.2, -0.15) is 0 Å². The van der Waals surface area contributed by atoms with Gasteiger partial charge in [0.15, 0.2) is 6.23 Å². The fourth-order valence-corrected chi connectivity index (χ4v) is 1.97. The van der Waals surface area contributed by atoms with Crippen LogP contribution in [-0.2, 0) is 9.47 Å². The van der Waals surface area contributed by atoms with Crippen molar-refractivity contribution >= 4 is 0 Å². The van der Waals surface area contributed by atoms with E-state index in [-0.39, 0.29) is 0 Å². The molecule has 0 saturated carbocycles. The molecule has 1 aliphatic heterocycles. The van der Waals surface area contributed by atoms with Crippen LogP contribution in [0.15, 0.2) is 21.9 Å². The summed E-state index contributed by atoms with van der Waals surface area (Å²) < 4.78 is 11.0. The zero-order valence-corrected chi connectivity index (χ0v) is 10.0. The van der Waals surface area contributed by atoms with Crippen molar-refractivity contribution < 1.29 is 24.8 Å². The molecular weight excluding hydrogens is 260 g/mol. The third-order valence-electron chi connectivity index (χ3n) is 3.08. The van der Waals surface area contributed by atoms with Gasteiger partial charge < -0.3 is 24.8 Å². The minimum Gasteiger partial charge on any atom is -0.391 e. The number of H-pyrrole nitrogens is 1. The molecule has 0 aromatic carbocycles. The van der Waals surface area contributed by atoms with E-state index in [1.807, 2.05) is 4.98 Å². The third-order valence-corrected chi connectivity index (χ3v) is 3.08. The van der Waals surface area contributed by atoms with Crippen molar-refractivity contribution in [3.63, 3.8) is 0 Å². The molecule has 1 saturated heterocycles. The number of hydrogen-bond donors (Lipinski definition) is 4. The topological polar surface area (TPSA) is 134 Å². The highest BCUT2D eigenvalue weighted by atomic mass is 16.7. The number of aliphatic hydroxyl groups excluding tert-OH is 3. The van der Waals surface area contributed by atoms with Gasteiger partial charge in [0, 0.05) is 19.4 Å². The number of aromatic nitrogens is 2. The Morgan fingerprint density at radius 3 is 2.68 bits per heavy atom. The summed E-state index contributed by atoms with van der Waals surface area (Å²) in [5.41, 5.74) is -1.41. The SMILES string of the molecule is COC1(CO)OC(n2ccc(=O)[nH]c2=O)C(O)C1O. The predicted molar refractivity (Wildman–Crippen MR) is 60.3 cm³/mol. The molecule has 4 N–H and O–H groups in total. The smallest absolute Gasteiger partial charge is 0.330 e. The molecule has 0 bridgehead atoms. The summed E-state index contributed by atoms with van der Waals surface area (Å²) in [6.07, 6.45) is -3.22. The molecule has 4 unspecified atom stereocenters. The van der Waals surface area contributed by atoms with Gasteiger partial charge in [0.1, 0.15) is 18.8 Å². The maximum atomic E-state index is 11.6. The van der Waals surface area contributed by atoms with E-state index in [1.165, 1.54) is 7.11 Å². The number of aromatic amines is 1. The highest BCUT2D eigenvalue weighted by Crippen LogP contribution is 2.36. The molecule has 9 nitrogen and oxygen atoms in total. The molecule has 1 aromatic rings. The van der Waals surface area contributed by atoms with Gasteiger partial charge in [-0.25, -0.2) is 4.79 Å². The average Bonchev–Trinajstić information content (AvgIpc) is 2.64. The zero-order chi connectivity index (χ0) is 14.2. The molecule has 2 rings (SSSR count). The van der Waals surface area contributed by atoms with Crippen molar-refractivity contribution in [3.8, 4) is 0 Å². The number of methoxy groups -OCH3 is 1. The second kappa shape index (κ2) is 4.87. The first-order chi connectivity index (χ1) is 8.95. The fourth-order valence-electron chi connectivity index (χ4n) is 1.97. The van der Waals surface area contributed by atoms with Crippen LogP contribution in [0.25, 0.3) is 0 Å². The molecule has 19 heavy (non-hydrogen) atoms. The number of nitrogens with zero attached hydrogens (tertiary/aromatic N) is 1. The van der Waals surface area contributed by atoms with Gasteiger partial charge in [-0.3, -0.25) is 14.3 Å². The second-order valence-corrected chi connectivity index (χ2v) is 4.14. The van der Waals surface area contributed by atoms with Gasteiger partial charge in [-0.15, -0.1) is 0 Å². The van der Waals surface area contributed by atoms with Gasteiger partial charge in [-0.05, 0) is 0 Å². The van der Waals surface area contributed by atoms with E-state index >= 15 is 0 Å². The number of nitrogens with one attached hydrogen (secondary N) is 1. The maximum Gasteiger partial charge on any atom is 0.330 e. The summed E-state index contributed by atoms with van der Waals surface area (Å²) in [6.45, 7) is -0.712. The standard InChI is InChI=1S/C10H14N2O7/c1-18-10(4-13)7(16)6(15)8(19-10)12-3-2-5(14)11-9(12)17/h2-3,6-8,13,15-16H,4H2,1H3,(H,11,14,17). The number of rotatable bonds is 3. The Morgan fingerprint density at radius 1 is 1.53 bits per heavy atom. The second-order valence-electron chi connectivity index (χ2n) is 4.14. The van der Waals surface area contributed by atoms with Crippen LogP contribution < -0.4 is 11.2 Å². The lowest BCUT2D eigenvalue weighted by Crippen LogP contribution is -2.47. The summed E-state index contributed by atoms with van der Waals surface area (Å²) in [5.74, 6) is -1.82. The Kier molecular flexibility index (Phi) is 3.56. The normalized spacial score (nSPS) is 34.6. The lowest BCUT2D eigenvalue weighted by Gasteiger charge is -2.27. The van der Waals surface area contributed by atoms with E-state index in [0.717, 1.165) is 16.8 Å². The van der Waals surface area contributed by atoms with Gasteiger partial charge in [-0.1, -0.05) is 0 Å². The molecule has 0 spiro atoms.